The first-order valence-electron chi connectivity index (χ1n) is 7.48. The SMILES string of the molecule is CSC1CCC(n2c(CCCl)nc3cccc(Cl)c32)CC1. The third kappa shape index (κ3) is 3.06. The van der Waals surface area contributed by atoms with Crippen LogP contribution in [0.4, 0.5) is 0 Å². The first kappa shape index (κ1) is 15.5. The van der Waals surface area contributed by atoms with E-state index < -0.39 is 0 Å². The number of hydrogen-bond acceptors (Lipinski definition) is 2. The molecule has 1 fully saturated rings. The van der Waals surface area contributed by atoms with E-state index in [1.807, 2.05) is 30.0 Å². The molecule has 0 saturated heterocycles. The summed E-state index contributed by atoms with van der Waals surface area (Å²) in [5.41, 5.74) is 2.08. The molecule has 0 atom stereocenters. The molecule has 114 valence electrons. The van der Waals surface area contributed by atoms with Gasteiger partial charge in [0.05, 0.1) is 16.1 Å². The predicted molar refractivity (Wildman–Crippen MR) is 94.0 cm³/mol. The summed E-state index contributed by atoms with van der Waals surface area (Å²) in [4.78, 5) is 4.77. The van der Waals surface area contributed by atoms with E-state index in [4.69, 9.17) is 28.2 Å². The molecule has 0 spiro atoms. The maximum atomic E-state index is 6.45. The molecule has 5 heteroatoms. The lowest BCUT2D eigenvalue weighted by molar-refractivity contribution is 0.359. The van der Waals surface area contributed by atoms with E-state index >= 15 is 0 Å². The monoisotopic (exact) mass is 342 g/mol. The van der Waals surface area contributed by atoms with E-state index in [1.165, 1.54) is 25.7 Å². The number of aromatic nitrogens is 2. The van der Waals surface area contributed by atoms with Crippen molar-refractivity contribution in [2.24, 2.45) is 0 Å². The second kappa shape index (κ2) is 6.80. The number of aryl methyl sites for hydroxylation is 1. The Morgan fingerprint density at radius 2 is 2.05 bits per heavy atom. The highest BCUT2D eigenvalue weighted by molar-refractivity contribution is 7.99. The standard InChI is InChI=1S/C16H20Cl2N2S/c1-21-12-7-5-11(6-8-12)20-15(9-10-17)19-14-4-2-3-13(18)16(14)20/h2-4,11-12H,5-10H2,1H3. The van der Waals surface area contributed by atoms with Crippen LogP contribution in [0.1, 0.15) is 37.5 Å². The first-order chi connectivity index (χ1) is 10.2. The molecule has 1 heterocycles. The van der Waals surface area contributed by atoms with Crippen LogP contribution in [-0.2, 0) is 6.42 Å². The Kier molecular flexibility index (Phi) is 5.03. The lowest BCUT2D eigenvalue weighted by Crippen LogP contribution is -2.21. The van der Waals surface area contributed by atoms with Crippen molar-refractivity contribution in [2.45, 2.75) is 43.4 Å². The molecule has 3 rings (SSSR count). The molecule has 0 unspecified atom stereocenters. The van der Waals surface area contributed by atoms with Crippen LogP contribution in [0, 0.1) is 0 Å². The number of hydrogen-bond donors (Lipinski definition) is 0. The Hall–Kier alpha value is -0.380. The Morgan fingerprint density at radius 3 is 2.71 bits per heavy atom. The van der Waals surface area contributed by atoms with Crippen molar-refractivity contribution in [3.8, 4) is 0 Å². The molecule has 2 nitrogen and oxygen atoms in total. The number of halogens is 2. The second-order valence-corrected chi connectivity index (χ2v) is 7.53. The van der Waals surface area contributed by atoms with Crippen LogP contribution in [0.15, 0.2) is 18.2 Å². The molecule has 0 bridgehead atoms. The highest BCUT2D eigenvalue weighted by Gasteiger charge is 2.25. The maximum Gasteiger partial charge on any atom is 0.111 e. The molecule has 1 saturated carbocycles. The van der Waals surface area contributed by atoms with Gasteiger partial charge in [0.25, 0.3) is 0 Å². The molecule has 1 aliphatic carbocycles. The van der Waals surface area contributed by atoms with Gasteiger partial charge in [0.1, 0.15) is 5.82 Å². The van der Waals surface area contributed by atoms with Gasteiger partial charge in [-0.1, -0.05) is 17.7 Å². The minimum atomic E-state index is 0.511. The second-order valence-electron chi connectivity index (χ2n) is 5.61. The molecule has 0 radical (unpaired) electrons. The number of thioether (sulfide) groups is 1. The van der Waals surface area contributed by atoms with Crippen LogP contribution < -0.4 is 0 Å². The quantitative estimate of drug-likeness (QED) is 0.700. The zero-order chi connectivity index (χ0) is 14.8. The Labute approximate surface area is 140 Å². The van der Waals surface area contributed by atoms with Crippen molar-refractivity contribution in [2.75, 3.05) is 12.1 Å². The molecule has 1 aliphatic rings. The minimum Gasteiger partial charge on any atom is -0.324 e. The minimum absolute atomic E-state index is 0.511. The van der Waals surface area contributed by atoms with Gasteiger partial charge in [-0.05, 0) is 44.1 Å². The molecular weight excluding hydrogens is 323 g/mol. The third-order valence-electron chi connectivity index (χ3n) is 4.39. The van der Waals surface area contributed by atoms with E-state index in [1.54, 1.807) is 0 Å². The van der Waals surface area contributed by atoms with E-state index in [0.717, 1.165) is 33.6 Å². The van der Waals surface area contributed by atoms with E-state index in [0.29, 0.717) is 11.9 Å². The Morgan fingerprint density at radius 1 is 1.29 bits per heavy atom. The van der Waals surface area contributed by atoms with Gasteiger partial charge < -0.3 is 4.57 Å². The summed E-state index contributed by atoms with van der Waals surface area (Å²) in [6.07, 6.45) is 7.98. The average Bonchev–Trinajstić information content (AvgIpc) is 2.87. The van der Waals surface area contributed by atoms with Crippen molar-refractivity contribution in [1.82, 2.24) is 9.55 Å². The van der Waals surface area contributed by atoms with Crippen molar-refractivity contribution < 1.29 is 0 Å². The number of alkyl halides is 1. The zero-order valence-electron chi connectivity index (χ0n) is 12.2. The highest BCUT2D eigenvalue weighted by atomic mass is 35.5. The normalized spacial score (nSPS) is 22.8. The maximum absolute atomic E-state index is 6.45. The number of benzene rings is 1. The van der Waals surface area contributed by atoms with E-state index in [-0.39, 0.29) is 0 Å². The number of nitrogens with zero attached hydrogens (tertiary/aromatic N) is 2. The summed E-state index contributed by atoms with van der Waals surface area (Å²) in [5.74, 6) is 1.68. The van der Waals surface area contributed by atoms with Crippen LogP contribution in [-0.4, -0.2) is 26.9 Å². The van der Waals surface area contributed by atoms with Gasteiger partial charge in [0, 0.05) is 23.6 Å². The zero-order valence-corrected chi connectivity index (χ0v) is 14.5. The van der Waals surface area contributed by atoms with Gasteiger partial charge in [-0.25, -0.2) is 4.98 Å². The third-order valence-corrected chi connectivity index (χ3v) is 6.03. The summed E-state index contributed by atoms with van der Waals surface area (Å²) < 4.78 is 2.37. The smallest absolute Gasteiger partial charge is 0.111 e. The van der Waals surface area contributed by atoms with E-state index in [9.17, 15) is 0 Å². The molecule has 1 aromatic carbocycles. The predicted octanol–water partition coefficient (Wildman–Crippen LogP) is 5.32. The molecule has 0 N–H and O–H groups in total. The largest absolute Gasteiger partial charge is 0.324 e. The van der Waals surface area contributed by atoms with Gasteiger partial charge in [0.2, 0.25) is 0 Å². The van der Waals surface area contributed by atoms with Gasteiger partial charge in [-0.3, -0.25) is 0 Å². The molecular formula is C16H20Cl2N2S. The van der Waals surface area contributed by atoms with Crippen molar-refractivity contribution in [3.05, 3.63) is 29.0 Å². The van der Waals surface area contributed by atoms with Crippen LogP contribution in [0.25, 0.3) is 11.0 Å². The van der Waals surface area contributed by atoms with Crippen molar-refractivity contribution in [1.29, 1.82) is 0 Å². The summed E-state index contributed by atoms with van der Waals surface area (Å²) in [6, 6.07) is 6.48. The summed E-state index contributed by atoms with van der Waals surface area (Å²) in [6.45, 7) is 0. The van der Waals surface area contributed by atoms with Crippen LogP contribution in [0.2, 0.25) is 5.02 Å². The lowest BCUT2D eigenvalue weighted by Gasteiger charge is -2.30. The molecule has 0 amide bonds. The van der Waals surface area contributed by atoms with Gasteiger partial charge in [-0.2, -0.15) is 11.8 Å². The number of fused-ring (bicyclic) bond motifs is 1. The first-order valence-corrected chi connectivity index (χ1v) is 9.68. The number of imidazole rings is 1. The fourth-order valence-electron chi connectivity index (χ4n) is 3.35. The number of rotatable bonds is 4. The Balaban J connectivity index is 2.01. The van der Waals surface area contributed by atoms with E-state index in [2.05, 4.69) is 10.8 Å². The van der Waals surface area contributed by atoms with Crippen molar-refractivity contribution >= 4 is 46.0 Å². The highest BCUT2D eigenvalue weighted by Crippen LogP contribution is 2.37. The average molecular weight is 343 g/mol. The lowest BCUT2D eigenvalue weighted by atomic mass is 9.94. The molecule has 1 aromatic heterocycles. The van der Waals surface area contributed by atoms with Gasteiger partial charge in [0.15, 0.2) is 0 Å². The molecule has 0 aliphatic heterocycles. The van der Waals surface area contributed by atoms with Gasteiger partial charge >= 0.3 is 0 Å². The fourth-order valence-corrected chi connectivity index (χ4v) is 4.52. The summed E-state index contributed by atoms with van der Waals surface area (Å²) >= 11 is 14.4. The Bertz CT molecular complexity index is 618. The number of para-hydroxylation sites is 1. The molecule has 21 heavy (non-hydrogen) atoms. The topological polar surface area (TPSA) is 17.8 Å². The van der Waals surface area contributed by atoms with Crippen LogP contribution in [0.3, 0.4) is 0 Å². The van der Waals surface area contributed by atoms with Crippen LogP contribution >= 0.6 is 35.0 Å². The summed E-state index contributed by atoms with van der Waals surface area (Å²) in [7, 11) is 0. The van der Waals surface area contributed by atoms with Gasteiger partial charge in [-0.15, -0.1) is 11.6 Å². The van der Waals surface area contributed by atoms with Crippen LogP contribution in [0.5, 0.6) is 0 Å². The summed E-state index contributed by atoms with van der Waals surface area (Å²) in [5, 5.41) is 1.61. The fraction of sp³-hybridized carbons (Fsp3) is 0.562. The van der Waals surface area contributed by atoms with Crippen molar-refractivity contribution in [3.63, 3.8) is 0 Å². The molecule has 2 aromatic rings.